The Balaban J connectivity index is 4.22. The summed E-state index contributed by atoms with van der Waals surface area (Å²) in [6.45, 7) is 10.1. The molecule has 0 amide bonds. The average molecular weight is 252 g/mol. The molecule has 0 fully saturated rings. The van der Waals surface area contributed by atoms with Gasteiger partial charge in [-0.25, -0.2) is 0 Å². The molecule has 0 N–H and O–H groups in total. The molecule has 0 heterocycles. The van der Waals surface area contributed by atoms with Gasteiger partial charge in [-0.2, -0.15) is 0 Å². The van der Waals surface area contributed by atoms with Crippen molar-refractivity contribution in [2.24, 2.45) is 23.7 Å². The maximum atomic E-state index is 11.4. The predicted octanol–water partition coefficient (Wildman–Crippen LogP) is 4.05. The van der Waals surface area contributed by atoms with Crippen LogP contribution >= 0.6 is 0 Å². The summed E-state index contributed by atoms with van der Waals surface area (Å²) >= 11 is 0. The number of ketones is 1. The molecule has 2 nitrogen and oxygen atoms in total. The number of hydrogen-bond donors (Lipinski definition) is 0. The number of allylic oxidation sites excluding steroid dienone is 2. The van der Waals surface area contributed by atoms with Gasteiger partial charge in [0.05, 0.1) is 0 Å². The lowest BCUT2D eigenvalue weighted by molar-refractivity contribution is -0.121. The molecule has 2 atom stereocenters. The summed E-state index contributed by atoms with van der Waals surface area (Å²) < 4.78 is 0. The van der Waals surface area contributed by atoms with Crippen molar-refractivity contribution >= 4 is 12.1 Å². The van der Waals surface area contributed by atoms with Gasteiger partial charge >= 0.3 is 0 Å². The van der Waals surface area contributed by atoms with Crippen LogP contribution in [0.4, 0.5) is 0 Å². The maximum Gasteiger partial charge on any atom is 0.133 e. The van der Waals surface area contributed by atoms with E-state index in [9.17, 15) is 9.59 Å². The van der Waals surface area contributed by atoms with E-state index in [4.69, 9.17) is 0 Å². The lowest BCUT2D eigenvalue weighted by atomic mass is 9.87. The Morgan fingerprint density at radius 3 is 1.89 bits per heavy atom. The minimum absolute atomic E-state index is 0.129. The lowest BCUT2D eigenvalue weighted by Crippen LogP contribution is -2.16. The van der Waals surface area contributed by atoms with Gasteiger partial charge < -0.3 is 4.79 Å². The number of Topliss-reactive ketones (excluding diaryl/α,β-unsaturated/α-hetero) is 1. The van der Waals surface area contributed by atoms with Gasteiger partial charge in [0.2, 0.25) is 0 Å². The van der Waals surface area contributed by atoms with Crippen LogP contribution in [0, 0.1) is 23.7 Å². The highest BCUT2D eigenvalue weighted by molar-refractivity contribution is 5.78. The zero-order valence-electron chi connectivity index (χ0n) is 12.5. The molecule has 0 spiro atoms. The predicted molar refractivity (Wildman–Crippen MR) is 76.4 cm³/mol. The first-order chi connectivity index (χ1) is 8.40. The zero-order chi connectivity index (χ0) is 14.1. The quantitative estimate of drug-likeness (QED) is 0.458. The van der Waals surface area contributed by atoms with Gasteiger partial charge in [0, 0.05) is 12.3 Å². The highest BCUT2D eigenvalue weighted by Crippen LogP contribution is 2.20. The van der Waals surface area contributed by atoms with E-state index in [0.29, 0.717) is 24.2 Å². The Kier molecular flexibility index (Phi) is 8.61. The zero-order valence-corrected chi connectivity index (χ0v) is 12.5. The molecule has 0 unspecified atom stereocenters. The molecule has 0 saturated heterocycles. The Bertz CT molecular complexity index is 277. The van der Waals surface area contributed by atoms with Crippen molar-refractivity contribution in [3.8, 4) is 0 Å². The number of carbonyl (C=O) groups is 2. The first-order valence-corrected chi connectivity index (χ1v) is 6.99. The van der Waals surface area contributed by atoms with Gasteiger partial charge in [-0.3, -0.25) is 4.79 Å². The van der Waals surface area contributed by atoms with Gasteiger partial charge in [0.25, 0.3) is 0 Å². The van der Waals surface area contributed by atoms with Crippen LogP contribution in [-0.2, 0) is 9.59 Å². The third-order valence-corrected chi connectivity index (χ3v) is 3.66. The molecule has 0 aliphatic carbocycles. The Morgan fingerprint density at radius 1 is 0.944 bits per heavy atom. The maximum absolute atomic E-state index is 11.4. The van der Waals surface area contributed by atoms with E-state index in [1.807, 2.05) is 0 Å². The Morgan fingerprint density at radius 2 is 1.50 bits per heavy atom. The smallest absolute Gasteiger partial charge is 0.133 e. The average Bonchev–Trinajstić information content (AvgIpc) is 2.25. The molecule has 0 radical (unpaired) electrons. The van der Waals surface area contributed by atoms with Crippen LogP contribution in [0.1, 0.15) is 53.9 Å². The number of aldehydes is 1. The molecule has 0 bridgehead atoms. The molecule has 2 heteroatoms. The van der Waals surface area contributed by atoms with E-state index in [-0.39, 0.29) is 11.7 Å². The van der Waals surface area contributed by atoms with Gasteiger partial charge in [0.15, 0.2) is 0 Å². The van der Waals surface area contributed by atoms with Crippen LogP contribution in [-0.4, -0.2) is 12.1 Å². The fourth-order valence-corrected chi connectivity index (χ4v) is 2.19. The largest absolute Gasteiger partial charge is 0.303 e. The van der Waals surface area contributed by atoms with Gasteiger partial charge in [-0.15, -0.1) is 0 Å². The van der Waals surface area contributed by atoms with Crippen molar-refractivity contribution in [2.45, 2.75) is 53.9 Å². The van der Waals surface area contributed by atoms with Gasteiger partial charge in [-0.05, 0) is 37.5 Å². The molecule has 0 aromatic heterocycles. The van der Waals surface area contributed by atoms with Crippen LogP contribution in [0.3, 0.4) is 0 Å². The molecule has 18 heavy (non-hydrogen) atoms. The number of carbonyl (C=O) groups excluding carboxylic acids is 2. The van der Waals surface area contributed by atoms with Crippen LogP contribution in [0.25, 0.3) is 0 Å². The fraction of sp³-hybridized carbons (Fsp3) is 0.750. The van der Waals surface area contributed by atoms with E-state index >= 15 is 0 Å². The first kappa shape index (κ1) is 17.1. The van der Waals surface area contributed by atoms with Gasteiger partial charge in [0.1, 0.15) is 12.1 Å². The Labute approximate surface area is 112 Å². The van der Waals surface area contributed by atoms with E-state index in [1.54, 1.807) is 6.92 Å². The third kappa shape index (κ3) is 6.73. The lowest BCUT2D eigenvalue weighted by Gasteiger charge is -2.17. The monoisotopic (exact) mass is 252 g/mol. The minimum Gasteiger partial charge on any atom is -0.303 e. The summed E-state index contributed by atoms with van der Waals surface area (Å²) in [6, 6.07) is 0. The van der Waals surface area contributed by atoms with E-state index in [1.165, 1.54) is 0 Å². The normalized spacial score (nSPS) is 15.3. The molecular formula is C16H28O2. The van der Waals surface area contributed by atoms with Crippen LogP contribution in [0.5, 0.6) is 0 Å². The van der Waals surface area contributed by atoms with Crippen LogP contribution < -0.4 is 0 Å². The first-order valence-electron chi connectivity index (χ1n) is 6.99. The summed E-state index contributed by atoms with van der Waals surface area (Å²) in [5.41, 5.74) is 0. The van der Waals surface area contributed by atoms with Crippen molar-refractivity contribution in [2.75, 3.05) is 0 Å². The summed E-state index contributed by atoms with van der Waals surface area (Å²) in [6.07, 6.45) is 7.62. The standard InChI is InChI=1S/C16H28O2/c1-12(2)15(10-11-17)8-6-7-9-16(13(3)4)14(5)18/h6-7,11-13,15-16H,8-10H2,1-5H3/b7-6-/t15-,16+/m1/s1. The third-order valence-electron chi connectivity index (χ3n) is 3.66. The van der Waals surface area contributed by atoms with Gasteiger partial charge in [-0.1, -0.05) is 39.8 Å². The molecule has 0 saturated carbocycles. The van der Waals surface area contributed by atoms with Crippen LogP contribution in [0.15, 0.2) is 12.2 Å². The van der Waals surface area contributed by atoms with Crippen molar-refractivity contribution in [3.05, 3.63) is 12.2 Å². The summed E-state index contributed by atoms with van der Waals surface area (Å²) in [5.74, 6) is 1.73. The number of hydrogen-bond acceptors (Lipinski definition) is 2. The SMILES string of the molecule is CC(=O)[C@@H](C/C=C\C[C@H](CC=O)C(C)C)C(C)C. The molecule has 0 aromatic rings. The summed E-state index contributed by atoms with van der Waals surface area (Å²) in [7, 11) is 0. The fourth-order valence-electron chi connectivity index (χ4n) is 2.19. The van der Waals surface area contributed by atoms with Crippen molar-refractivity contribution in [1.82, 2.24) is 0 Å². The molecule has 104 valence electrons. The second-order valence-electron chi connectivity index (χ2n) is 5.81. The molecule has 0 rings (SSSR count). The molecule has 0 aromatic carbocycles. The number of rotatable bonds is 9. The molecule has 0 aliphatic rings. The van der Waals surface area contributed by atoms with Crippen molar-refractivity contribution < 1.29 is 9.59 Å². The van der Waals surface area contributed by atoms with Crippen molar-refractivity contribution in [1.29, 1.82) is 0 Å². The van der Waals surface area contributed by atoms with E-state index in [0.717, 1.165) is 19.1 Å². The second-order valence-corrected chi connectivity index (χ2v) is 5.81. The second kappa shape index (κ2) is 9.07. The topological polar surface area (TPSA) is 34.1 Å². The van der Waals surface area contributed by atoms with Crippen LogP contribution in [0.2, 0.25) is 0 Å². The van der Waals surface area contributed by atoms with E-state index < -0.39 is 0 Å². The summed E-state index contributed by atoms with van der Waals surface area (Å²) in [4.78, 5) is 22.0. The van der Waals surface area contributed by atoms with Crippen molar-refractivity contribution in [3.63, 3.8) is 0 Å². The highest BCUT2D eigenvalue weighted by atomic mass is 16.1. The molecular weight excluding hydrogens is 224 g/mol. The van der Waals surface area contributed by atoms with E-state index in [2.05, 4.69) is 39.8 Å². The molecule has 0 aliphatic heterocycles. The summed E-state index contributed by atoms with van der Waals surface area (Å²) in [5, 5.41) is 0. The highest BCUT2D eigenvalue weighted by Gasteiger charge is 2.16. The Hall–Kier alpha value is -0.920. The minimum atomic E-state index is 0.129.